The smallest absolute Gasteiger partial charge is 0.134 e. The fourth-order valence-corrected chi connectivity index (χ4v) is 1.76. The van der Waals surface area contributed by atoms with Gasteiger partial charge in [-0.25, -0.2) is 4.39 Å². The maximum Gasteiger partial charge on any atom is 0.134 e. The fraction of sp³-hybridized carbons (Fsp3) is 0.231. The second kappa shape index (κ2) is 3.19. The average Bonchev–Trinajstić information content (AvgIpc) is 2.84. The molecule has 16 heavy (non-hydrogen) atoms. The Balaban J connectivity index is 1.95. The molecular formula is C13H12FNO. The van der Waals surface area contributed by atoms with Crippen LogP contribution in [0, 0.1) is 5.82 Å². The van der Waals surface area contributed by atoms with Crippen LogP contribution in [-0.4, -0.2) is 0 Å². The van der Waals surface area contributed by atoms with Gasteiger partial charge in [-0.2, -0.15) is 0 Å². The summed E-state index contributed by atoms with van der Waals surface area (Å²) in [7, 11) is 0. The molecule has 1 heterocycles. The van der Waals surface area contributed by atoms with Crippen LogP contribution in [0.3, 0.4) is 0 Å². The molecule has 1 saturated carbocycles. The van der Waals surface area contributed by atoms with Crippen LogP contribution < -0.4 is 5.73 Å². The quantitative estimate of drug-likeness (QED) is 0.839. The molecule has 1 aliphatic rings. The molecular weight excluding hydrogens is 205 g/mol. The van der Waals surface area contributed by atoms with Gasteiger partial charge in [0, 0.05) is 5.56 Å². The highest BCUT2D eigenvalue weighted by atomic mass is 19.1. The average molecular weight is 217 g/mol. The molecule has 1 fully saturated rings. The van der Waals surface area contributed by atoms with Crippen molar-refractivity contribution >= 4 is 0 Å². The highest BCUT2D eigenvalue weighted by Crippen LogP contribution is 2.44. The number of benzene rings is 1. The summed E-state index contributed by atoms with van der Waals surface area (Å²) in [6.45, 7) is 0. The van der Waals surface area contributed by atoms with Gasteiger partial charge < -0.3 is 10.2 Å². The molecule has 0 unspecified atom stereocenters. The molecule has 0 atom stereocenters. The first kappa shape index (κ1) is 9.60. The lowest BCUT2D eigenvalue weighted by Gasteiger charge is -2.03. The van der Waals surface area contributed by atoms with Crippen molar-refractivity contribution in [3.63, 3.8) is 0 Å². The van der Waals surface area contributed by atoms with Crippen molar-refractivity contribution in [3.8, 4) is 11.3 Å². The Bertz CT molecular complexity index is 511. The molecule has 2 aromatic rings. The summed E-state index contributed by atoms with van der Waals surface area (Å²) in [5.74, 6) is 1.33. The van der Waals surface area contributed by atoms with Crippen LogP contribution in [-0.2, 0) is 5.54 Å². The summed E-state index contributed by atoms with van der Waals surface area (Å²) in [4.78, 5) is 0. The van der Waals surface area contributed by atoms with Gasteiger partial charge in [-0.1, -0.05) is 0 Å². The second-order valence-corrected chi connectivity index (χ2v) is 4.33. The maximum atomic E-state index is 12.8. The van der Waals surface area contributed by atoms with E-state index in [9.17, 15) is 4.39 Å². The lowest BCUT2D eigenvalue weighted by molar-refractivity contribution is 0.467. The Kier molecular flexibility index (Phi) is 1.91. The lowest BCUT2D eigenvalue weighted by Crippen LogP contribution is -2.17. The molecule has 0 aliphatic heterocycles. The van der Waals surface area contributed by atoms with Crippen LogP contribution in [0.1, 0.15) is 18.6 Å². The van der Waals surface area contributed by atoms with Gasteiger partial charge in [0.1, 0.15) is 17.3 Å². The van der Waals surface area contributed by atoms with E-state index in [0.717, 1.165) is 29.9 Å². The van der Waals surface area contributed by atoms with Crippen LogP contribution in [0.2, 0.25) is 0 Å². The van der Waals surface area contributed by atoms with E-state index in [2.05, 4.69) is 0 Å². The van der Waals surface area contributed by atoms with Gasteiger partial charge in [0.05, 0.1) is 5.54 Å². The number of hydrogen-bond acceptors (Lipinski definition) is 2. The number of hydrogen-bond donors (Lipinski definition) is 1. The third-order valence-corrected chi connectivity index (χ3v) is 3.01. The number of furan rings is 1. The minimum Gasteiger partial charge on any atom is -0.459 e. The van der Waals surface area contributed by atoms with Crippen LogP contribution >= 0.6 is 0 Å². The third kappa shape index (κ3) is 1.53. The topological polar surface area (TPSA) is 39.2 Å². The summed E-state index contributed by atoms with van der Waals surface area (Å²) in [5, 5.41) is 0. The van der Waals surface area contributed by atoms with E-state index in [-0.39, 0.29) is 11.4 Å². The minimum atomic E-state index is -0.252. The van der Waals surface area contributed by atoms with Crippen LogP contribution in [0.5, 0.6) is 0 Å². The first-order chi connectivity index (χ1) is 7.67. The first-order valence-electron chi connectivity index (χ1n) is 5.33. The Hall–Kier alpha value is -1.61. The van der Waals surface area contributed by atoms with Crippen LogP contribution in [0.15, 0.2) is 40.8 Å². The van der Waals surface area contributed by atoms with Crippen LogP contribution in [0.4, 0.5) is 4.39 Å². The molecule has 0 saturated heterocycles. The Morgan fingerprint density at radius 2 is 1.75 bits per heavy atom. The molecule has 0 radical (unpaired) electrons. The highest BCUT2D eigenvalue weighted by Gasteiger charge is 2.43. The summed E-state index contributed by atoms with van der Waals surface area (Å²) < 4.78 is 18.4. The van der Waals surface area contributed by atoms with Gasteiger partial charge in [0.25, 0.3) is 0 Å². The van der Waals surface area contributed by atoms with Gasteiger partial charge in [0.2, 0.25) is 0 Å². The molecule has 0 amide bonds. The van der Waals surface area contributed by atoms with E-state index in [4.69, 9.17) is 10.2 Å². The van der Waals surface area contributed by atoms with E-state index in [1.807, 2.05) is 12.1 Å². The molecule has 2 N–H and O–H groups in total. The Morgan fingerprint density at radius 1 is 1.06 bits per heavy atom. The van der Waals surface area contributed by atoms with Gasteiger partial charge in [0.15, 0.2) is 0 Å². The van der Waals surface area contributed by atoms with E-state index in [0.29, 0.717) is 0 Å². The normalized spacial score (nSPS) is 17.4. The van der Waals surface area contributed by atoms with Crippen molar-refractivity contribution in [2.45, 2.75) is 18.4 Å². The molecule has 2 nitrogen and oxygen atoms in total. The zero-order chi connectivity index (χ0) is 11.2. The van der Waals surface area contributed by atoms with E-state index >= 15 is 0 Å². The van der Waals surface area contributed by atoms with Crippen molar-refractivity contribution in [3.05, 3.63) is 48.0 Å². The summed E-state index contributed by atoms with van der Waals surface area (Å²) in [6, 6.07) is 10.0. The van der Waals surface area contributed by atoms with E-state index < -0.39 is 0 Å². The SMILES string of the molecule is NC1(c2ccc(-c3ccc(F)cc3)o2)CC1. The van der Waals surface area contributed by atoms with Gasteiger partial charge >= 0.3 is 0 Å². The lowest BCUT2D eigenvalue weighted by atomic mass is 10.2. The number of nitrogens with two attached hydrogens (primary N) is 1. The predicted octanol–water partition coefficient (Wildman–Crippen LogP) is 3.03. The zero-order valence-electron chi connectivity index (χ0n) is 8.74. The third-order valence-electron chi connectivity index (χ3n) is 3.01. The van der Waals surface area contributed by atoms with Gasteiger partial charge in [-0.3, -0.25) is 0 Å². The molecule has 0 spiro atoms. The fourth-order valence-electron chi connectivity index (χ4n) is 1.76. The summed E-state index contributed by atoms with van der Waals surface area (Å²) in [5.41, 5.74) is 6.65. The van der Waals surface area contributed by atoms with Gasteiger partial charge in [-0.05, 0) is 49.2 Å². The number of rotatable bonds is 2. The molecule has 3 rings (SSSR count). The molecule has 1 aliphatic carbocycles. The van der Waals surface area contributed by atoms with E-state index in [1.165, 1.54) is 12.1 Å². The Labute approximate surface area is 92.9 Å². The Morgan fingerprint density at radius 3 is 2.38 bits per heavy atom. The second-order valence-electron chi connectivity index (χ2n) is 4.33. The number of halogens is 1. The standard InChI is InChI=1S/C13H12FNO/c14-10-3-1-9(2-4-10)11-5-6-12(16-11)13(15)7-8-13/h1-6H,7-8,15H2. The van der Waals surface area contributed by atoms with Crippen molar-refractivity contribution in [1.29, 1.82) is 0 Å². The largest absolute Gasteiger partial charge is 0.459 e. The monoisotopic (exact) mass is 217 g/mol. The molecule has 82 valence electrons. The van der Waals surface area contributed by atoms with Crippen molar-refractivity contribution in [2.24, 2.45) is 5.73 Å². The molecule has 3 heteroatoms. The summed E-state index contributed by atoms with van der Waals surface area (Å²) in [6.07, 6.45) is 1.95. The van der Waals surface area contributed by atoms with Gasteiger partial charge in [-0.15, -0.1) is 0 Å². The highest BCUT2D eigenvalue weighted by molar-refractivity contribution is 5.57. The zero-order valence-corrected chi connectivity index (χ0v) is 8.74. The van der Waals surface area contributed by atoms with Crippen molar-refractivity contribution in [1.82, 2.24) is 0 Å². The molecule has 0 bridgehead atoms. The maximum absolute atomic E-state index is 12.8. The van der Waals surface area contributed by atoms with Crippen molar-refractivity contribution in [2.75, 3.05) is 0 Å². The molecule has 1 aromatic carbocycles. The predicted molar refractivity (Wildman–Crippen MR) is 59.2 cm³/mol. The summed E-state index contributed by atoms with van der Waals surface area (Å²) >= 11 is 0. The van der Waals surface area contributed by atoms with Crippen molar-refractivity contribution < 1.29 is 8.81 Å². The van der Waals surface area contributed by atoms with Crippen LogP contribution in [0.25, 0.3) is 11.3 Å². The van der Waals surface area contributed by atoms with E-state index in [1.54, 1.807) is 12.1 Å². The molecule has 1 aromatic heterocycles. The first-order valence-corrected chi connectivity index (χ1v) is 5.33. The minimum absolute atomic E-state index is 0.243.